The van der Waals surface area contributed by atoms with E-state index in [1.807, 2.05) is 24.3 Å². The van der Waals surface area contributed by atoms with Gasteiger partial charge in [0.2, 0.25) is 5.13 Å². The zero-order valence-electron chi connectivity index (χ0n) is 18.1. The number of nitrogens with zero attached hydrogens (tertiary/aromatic N) is 2. The van der Waals surface area contributed by atoms with Crippen LogP contribution in [0.15, 0.2) is 48.5 Å². The zero-order valence-corrected chi connectivity index (χ0v) is 18.9. The molecule has 164 valence electrons. The Balaban J connectivity index is 1.45. The molecule has 2 N–H and O–H groups in total. The molecule has 0 spiro atoms. The van der Waals surface area contributed by atoms with Gasteiger partial charge in [0.25, 0.3) is 5.91 Å². The highest BCUT2D eigenvalue weighted by Gasteiger charge is 2.13. The van der Waals surface area contributed by atoms with E-state index in [0.29, 0.717) is 18.5 Å². The first kappa shape index (κ1) is 22.6. The summed E-state index contributed by atoms with van der Waals surface area (Å²) in [5.74, 6) is 2.28. The molecule has 1 atom stereocenters. The van der Waals surface area contributed by atoms with Crippen molar-refractivity contribution in [2.24, 2.45) is 0 Å². The summed E-state index contributed by atoms with van der Waals surface area (Å²) in [4.78, 5) is 17.0. The summed E-state index contributed by atoms with van der Waals surface area (Å²) in [6, 6.07) is 15.1. The number of anilines is 1. The van der Waals surface area contributed by atoms with Gasteiger partial charge >= 0.3 is 0 Å². The fourth-order valence-electron chi connectivity index (χ4n) is 3.07. The molecular formula is C23H28N4O3S. The maximum atomic E-state index is 12.5. The van der Waals surface area contributed by atoms with Crippen molar-refractivity contribution in [3.63, 3.8) is 0 Å². The number of ether oxygens (including phenoxy) is 2. The quantitative estimate of drug-likeness (QED) is 0.466. The van der Waals surface area contributed by atoms with E-state index in [0.717, 1.165) is 40.9 Å². The lowest BCUT2D eigenvalue weighted by Gasteiger charge is -2.17. The van der Waals surface area contributed by atoms with Crippen LogP contribution in [0.1, 0.15) is 41.5 Å². The molecule has 0 fully saturated rings. The maximum absolute atomic E-state index is 12.5. The highest BCUT2D eigenvalue weighted by Crippen LogP contribution is 2.17. The van der Waals surface area contributed by atoms with Crippen LogP contribution in [-0.4, -0.2) is 42.1 Å². The molecule has 7 nitrogen and oxygen atoms in total. The van der Waals surface area contributed by atoms with Crippen molar-refractivity contribution in [3.05, 3.63) is 65.5 Å². The lowest BCUT2D eigenvalue weighted by molar-refractivity contribution is 0.0934. The van der Waals surface area contributed by atoms with E-state index in [2.05, 4.69) is 26.9 Å². The summed E-state index contributed by atoms with van der Waals surface area (Å²) in [6.07, 6.45) is 2.33. The SMILES string of the molecule is CCC(CCNc1nc(Cc2ccc(OC)cc2)ns1)NC(=O)c1ccc(OC)cc1. The monoisotopic (exact) mass is 440 g/mol. The summed E-state index contributed by atoms with van der Waals surface area (Å²) in [6.45, 7) is 2.77. The summed E-state index contributed by atoms with van der Waals surface area (Å²) >= 11 is 1.35. The summed E-state index contributed by atoms with van der Waals surface area (Å²) in [7, 11) is 3.26. The Hall–Kier alpha value is -3.13. The van der Waals surface area contributed by atoms with E-state index in [-0.39, 0.29) is 11.9 Å². The Labute approximate surface area is 187 Å². The second-order valence-electron chi connectivity index (χ2n) is 7.06. The van der Waals surface area contributed by atoms with Crippen LogP contribution in [0.3, 0.4) is 0 Å². The van der Waals surface area contributed by atoms with Gasteiger partial charge in [0.1, 0.15) is 17.3 Å². The van der Waals surface area contributed by atoms with Crippen LogP contribution in [-0.2, 0) is 6.42 Å². The van der Waals surface area contributed by atoms with Gasteiger partial charge in [-0.2, -0.15) is 4.37 Å². The minimum Gasteiger partial charge on any atom is -0.497 e. The Morgan fingerprint density at radius 2 is 1.68 bits per heavy atom. The van der Waals surface area contributed by atoms with Gasteiger partial charge in [0.15, 0.2) is 0 Å². The van der Waals surface area contributed by atoms with Crippen LogP contribution in [0.2, 0.25) is 0 Å². The van der Waals surface area contributed by atoms with Gasteiger partial charge < -0.3 is 20.1 Å². The van der Waals surface area contributed by atoms with Crippen LogP contribution in [0, 0.1) is 0 Å². The van der Waals surface area contributed by atoms with Crippen LogP contribution in [0.5, 0.6) is 11.5 Å². The van der Waals surface area contributed by atoms with Gasteiger partial charge in [-0.25, -0.2) is 4.98 Å². The molecule has 3 rings (SSSR count). The molecule has 1 aromatic heterocycles. The Morgan fingerprint density at radius 3 is 2.29 bits per heavy atom. The molecule has 1 unspecified atom stereocenters. The van der Waals surface area contributed by atoms with E-state index in [4.69, 9.17) is 9.47 Å². The average Bonchev–Trinajstić information content (AvgIpc) is 3.25. The molecule has 0 aliphatic carbocycles. The van der Waals surface area contributed by atoms with Gasteiger partial charge in [0, 0.05) is 36.1 Å². The molecule has 0 aliphatic heterocycles. The predicted molar refractivity (Wildman–Crippen MR) is 123 cm³/mol. The number of hydrogen-bond donors (Lipinski definition) is 2. The lowest BCUT2D eigenvalue weighted by Crippen LogP contribution is -2.35. The molecule has 0 saturated carbocycles. The maximum Gasteiger partial charge on any atom is 0.251 e. The van der Waals surface area contributed by atoms with E-state index in [1.165, 1.54) is 11.5 Å². The van der Waals surface area contributed by atoms with Crippen LogP contribution < -0.4 is 20.1 Å². The fourth-order valence-corrected chi connectivity index (χ4v) is 3.68. The molecule has 1 heterocycles. The first-order valence-corrected chi connectivity index (χ1v) is 11.0. The summed E-state index contributed by atoms with van der Waals surface area (Å²) < 4.78 is 14.8. The van der Waals surface area contributed by atoms with E-state index < -0.39 is 0 Å². The van der Waals surface area contributed by atoms with E-state index in [1.54, 1.807) is 38.5 Å². The highest BCUT2D eigenvalue weighted by molar-refractivity contribution is 7.09. The molecule has 3 aromatic rings. The van der Waals surface area contributed by atoms with Gasteiger partial charge in [-0.3, -0.25) is 4.79 Å². The largest absolute Gasteiger partial charge is 0.497 e. The van der Waals surface area contributed by atoms with Crippen LogP contribution in [0.25, 0.3) is 0 Å². The van der Waals surface area contributed by atoms with Gasteiger partial charge in [-0.15, -0.1) is 0 Å². The molecule has 0 bridgehead atoms. The van der Waals surface area contributed by atoms with Crippen LogP contribution >= 0.6 is 11.5 Å². The van der Waals surface area contributed by atoms with Crippen molar-refractivity contribution >= 4 is 22.6 Å². The predicted octanol–water partition coefficient (Wildman–Crippen LogP) is 4.16. The summed E-state index contributed by atoms with van der Waals surface area (Å²) in [5.41, 5.74) is 1.76. The van der Waals surface area contributed by atoms with Crippen molar-refractivity contribution in [1.82, 2.24) is 14.7 Å². The molecule has 0 saturated heterocycles. The standard InChI is InChI=1S/C23H28N4O3S/c1-4-18(25-22(28)17-7-11-20(30-3)12-8-17)13-14-24-23-26-21(27-31-23)15-16-5-9-19(29-2)10-6-16/h5-12,18H,4,13-15H2,1-3H3,(H,25,28)(H,24,26,27). The molecule has 31 heavy (non-hydrogen) atoms. The Bertz CT molecular complexity index is 958. The minimum absolute atomic E-state index is 0.0767. The van der Waals surface area contributed by atoms with Crippen molar-refractivity contribution in [2.75, 3.05) is 26.1 Å². The van der Waals surface area contributed by atoms with Crippen molar-refractivity contribution in [2.45, 2.75) is 32.2 Å². The average molecular weight is 441 g/mol. The lowest BCUT2D eigenvalue weighted by atomic mass is 10.1. The number of benzene rings is 2. The second kappa shape index (κ2) is 11.3. The number of hydrogen-bond acceptors (Lipinski definition) is 7. The third kappa shape index (κ3) is 6.68. The van der Waals surface area contributed by atoms with Gasteiger partial charge in [-0.05, 0) is 54.8 Å². The third-order valence-corrected chi connectivity index (χ3v) is 5.65. The van der Waals surface area contributed by atoms with Gasteiger partial charge in [0.05, 0.1) is 14.2 Å². The molecule has 0 aliphatic rings. The van der Waals surface area contributed by atoms with Crippen molar-refractivity contribution in [1.29, 1.82) is 0 Å². The smallest absolute Gasteiger partial charge is 0.251 e. The van der Waals surface area contributed by atoms with Gasteiger partial charge in [-0.1, -0.05) is 19.1 Å². The molecular weight excluding hydrogens is 412 g/mol. The number of carbonyl (C=O) groups is 1. The van der Waals surface area contributed by atoms with Crippen LogP contribution in [0.4, 0.5) is 5.13 Å². The first-order valence-electron chi connectivity index (χ1n) is 10.3. The summed E-state index contributed by atoms with van der Waals surface area (Å²) in [5, 5.41) is 7.20. The third-order valence-electron chi connectivity index (χ3n) is 4.94. The number of methoxy groups -OCH3 is 2. The Morgan fingerprint density at radius 1 is 1.03 bits per heavy atom. The fraction of sp³-hybridized carbons (Fsp3) is 0.348. The molecule has 8 heteroatoms. The Kier molecular flexibility index (Phi) is 8.23. The normalized spacial score (nSPS) is 11.6. The topological polar surface area (TPSA) is 85.4 Å². The van der Waals surface area contributed by atoms with E-state index in [9.17, 15) is 4.79 Å². The number of amides is 1. The number of aromatic nitrogens is 2. The zero-order chi connectivity index (χ0) is 22.1. The van der Waals surface area contributed by atoms with E-state index >= 15 is 0 Å². The second-order valence-corrected chi connectivity index (χ2v) is 7.82. The molecule has 2 aromatic carbocycles. The number of nitrogens with one attached hydrogen (secondary N) is 2. The first-order chi connectivity index (χ1) is 15.1. The molecule has 0 radical (unpaired) electrons. The van der Waals surface area contributed by atoms with Crippen molar-refractivity contribution in [3.8, 4) is 11.5 Å². The number of rotatable bonds is 11. The van der Waals surface area contributed by atoms with Crippen molar-refractivity contribution < 1.29 is 14.3 Å². The minimum atomic E-state index is -0.0767. The number of carbonyl (C=O) groups excluding carboxylic acids is 1. The highest BCUT2D eigenvalue weighted by atomic mass is 32.1. The molecule has 1 amide bonds.